The third kappa shape index (κ3) is 2.09. The van der Waals surface area contributed by atoms with Gasteiger partial charge < -0.3 is 5.11 Å². The Kier molecular flexibility index (Phi) is 3.15. The van der Waals surface area contributed by atoms with Crippen LogP contribution in [-0.2, 0) is 12.8 Å². The van der Waals surface area contributed by atoms with Gasteiger partial charge in [-0.15, -0.1) is 0 Å². The smallest absolute Gasteiger partial charge is 0.150 e. The first-order chi connectivity index (χ1) is 9.08. The van der Waals surface area contributed by atoms with E-state index in [0.717, 1.165) is 43.0 Å². The number of rotatable bonds is 1. The maximum absolute atomic E-state index is 13.9. The van der Waals surface area contributed by atoms with E-state index in [9.17, 15) is 9.50 Å². The van der Waals surface area contributed by atoms with Crippen molar-refractivity contribution in [2.45, 2.75) is 25.7 Å². The van der Waals surface area contributed by atoms with E-state index in [1.807, 2.05) is 0 Å². The molecule has 1 aliphatic rings. The molecule has 100 valence electrons. The molecule has 0 radical (unpaired) electrons. The number of nitrogens with zero attached hydrogens (tertiary/aromatic N) is 2. The van der Waals surface area contributed by atoms with Gasteiger partial charge in [-0.05, 0) is 31.7 Å². The van der Waals surface area contributed by atoms with E-state index < -0.39 is 5.82 Å². The van der Waals surface area contributed by atoms with Crippen molar-refractivity contribution in [1.82, 2.24) is 9.78 Å². The quantitative estimate of drug-likeness (QED) is 0.867. The molecule has 0 spiro atoms. The summed E-state index contributed by atoms with van der Waals surface area (Å²) in [7, 11) is 0. The molecule has 0 saturated heterocycles. The Morgan fingerprint density at radius 1 is 1.21 bits per heavy atom. The number of hydrogen-bond donors (Lipinski definition) is 1. The van der Waals surface area contributed by atoms with Gasteiger partial charge in [0.1, 0.15) is 16.6 Å². The van der Waals surface area contributed by atoms with Gasteiger partial charge in [-0.25, -0.2) is 9.07 Å². The van der Waals surface area contributed by atoms with Crippen LogP contribution in [0.15, 0.2) is 12.1 Å². The molecule has 1 heterocycles. The molecule has 0 bridgehead atoms. The average molecular weight is 301 g/mol. The lowest BCUT2D eigenvalue weighted by Gasteiger charge is -2.08. The fourth-order valence-corrected chi connectivity index (χ4v) is 2.85. The minimum absolute atomic E-state index is 0.0331. The van der Waals surface area contributed by atoms with Crippen molar-refractivity contribution in [1.29, 1.82) is 0 Å². The fraction of sp³-hybridized carbons (Fsp3) is 0.308. The first kappa shape index (κ1) is 12.8. The molecule has 0 saturated carbocycles. The maximum atomic E-state index is 13.9. The Labute approximate surface area is 119 Å². The molecule has 1 aliphatic carbocycles. The average Bonchev–Trinajstić information content (AvgIpc) is 2.72. The second-order valence-electron chi connectivity index (χ2n) is 4.59. The summed E-state index contributed by atoms with van der Waals surface area (Å²) in [5, 5.41) is 14.3. The fourth-order valence-electron chi connectivity index (χ4n) is 2.36. The van der Waals surface area contributed by atoms with E-state index in [0.29, 0.717) is 5.15 Å². The van der Waals surface area contributed by atoms with Gasteiger partial charge in [0.2, 0.25) is 0 Å². The number of benzene rings is 1. The molecule has 1 aromatic heterocycles. The number of phenolic OH excluding ortho intramolecular Hbond substituents is 1. The highest BCUT2D eigenvalue weighted by atomic mass is 35.5. The lowest BCUT2D eigenvalue weighted by atomic mass is 9.99. The minimum Gasteiger partial charge on any atom is -0.506 e. The zero-order valence-corrected chi connectivity index (χ0v) is 11.5. The lowest BCUT2D eigenvalue weighted by Crippen LogP contribution is -2.01. The summed E-state index contributed by atoms with van der Waals surface area (Å²) >= 11 is 11.9. The predicted octanol–water partition coefficient (Wildman–Crippen LogP) is 3.90. The summed E-state index contributed by atoms with van der Waals surface area (Å²) < 4.78 is 15.3. The van der Waals surface area contributed by atoms with Gasteiger partial charge in [-0.1, -0.05) is 23.2 Å². The van der Waals surface area contributed by atoms with Gasteiger partial charge in [0.15, 0.2) is 5.82 Å². The van der Waals surface area contributed by atoms with Crippen LogP contribution < -0.4 is 0 Å². The van der Waals surface area contributed by atoms with Gasteiger partial charge in [0.05, 0.1) is 10.7 Å². The normalized spacial score (nSPS) is 14.5. The van der Waals surface area contributed by atoms with Crippen molar-refractivity contribution in [3.8, 4) is 11.4 Å². The van der Waals surface area contributed by atoms with Crippen molar-refractivity contribution < 1.29 is 9.50 Å². The molecule has 0 amide bonds. The molecule has 0 fully saturated rings. The monoisotopic (exact) mass is 300 g/mol. The SMILES string of the molecule is Oc1cc(-n2nc3c(c2Cl)CCCC3)c(F)cc1Cl. The number of hydrogen-bond acceptors (Lipinski definition) is 2. The molecule has 2 aromatic rings. The third-order valence-corrected chi connectivity index (χ3v) is 4.03. The minimum atomic E-state index is -0.565. The standard InChI is InChI=1S/C13H11Cl2FN2O/c14-8-5-9(16)11(6-12(8)19)18-13(15)7-3-1-2-4-10(7)17-18/h5-6,19H,1-4H2. The van der Waals surface area contributed by atoms with Crippen molar-refractivity contribution in [3.05, 3.63) is 39.4 Å². The summed E-state index contributed by atoms with van der Waals surface area (Å²) in [6.07, 6.45) is 3.83. The Balaban J connectivity index is 2.17. The van der Waals surface area contributed by atoms with Crippen LogP contribution in [0.25, 0.3) is 5.69 Å². The Bertz CT molecular complexity index is 655. The summed E-state index contributed by atoms with van der Waals surface area (Å²) in [6, 6.07) is 2.30. The molecule has 0 unspecified atom stereocenters. The molecule has 1 aromatic carbocycles. The topological polar surface area (TPSA) is 38.0 Å². The van der Waals surface area contributed by atoms with Crippen LogP contribution in [0.3, 0.4) is 0 Å². The zero-order chi connectivity index (χ0) is 13.6. The second-order valence-corrected chi connectivity index (χ2v) is 5.36. The van der Waals surface area contributed by atoms with E-state index in [1.54, 1.807) is 0 Å². The molecule has 3 rings (SSSR count). The highest BCUT2D eigenvalue weighted by molar-refractivity contribution is 6.32. The van der Waals surface area contributed by atoms with E-state index >= 15 is 0 Å². The summed E-state index contributed by atoms with van der Waals surface area (Å²) in [4.78, 5) is 0. The van der Waals surface area contributed by atoms with Crippen LogP contribution in [0, 0.1) is 5.82 Å². The van der Waals surface area contributed by atoms with Gasteiger partial charge in [-0.3, -0.25) is 0 Å². The molecule has 6 heteroatoms. The number of phenols is 1. The number of aromatic nitrogens is 2. The molecule has 3 nitrogen and oxygen atoms in total. The summed E-state index contributed by atoms with van der Waals surface area (Å²) in [5.41, 5.74) is 1.99. The van der Waals surface area contributed by atoms with Crippen LogP contribution >= 0.6 is 23.2 Å². The first-order valence-corrected chi connectivity index (χ1v) is 6.78. The van der Waals surface area contributed by atoms with Crippen LogP contribution in [0.4, 0.5) is 4.39 Å². The molecular weight excluding hydrogens is 290 g/mol. The molecule has 0 atom stereocenters. The van der Waals surface area contributed by atoms with Crippen LogP contribution in [0.1, 0.15) is 24.1 Å². The van der Waals surface area contributed by atoms with E-state index in [4.69, 9.17) is 23.2 Å². The van der Waals surface area contributed by atoms with Crippen molar-refractivity contribution >= 4 is 23.2 Å². The Morgan fingerprint density at radius 2 is 1.95 bits per heavy atom. The number of fused-ring (bicyclic) bond motifs is 1. The number of halogens is 3. The molecule has 19 heavy (non-hydrogen) atoms. The van der Waals surface area contributed by atoms with Gasteiger partial charge in [-0.2, -0.15) is 5.10 Å². The van der Waals surface area contributed by atoms with Gasteiger partial charge in [0.25, 0.3) is 0 Å². The third-order valence-electron chi connectivity index (χ3n) is 3.34. The lowest BCUT2D eigenvalue weighted by molar-refractivity contribution is 0.472. The summed E-state index contributed by atoms with van der Waals surface area (Å²) in [5.74, 6) is -0.757. The van der Waals surface area contributed by atoms with Gasteiger partial charge >= 0.3 is 0 Å². The van der Waals surface area contributed by atoms with Gasteiger partial charge in [0, 0.05) is 11.6 Å². The van der Waals surface area contributed by atoms with E-state index in [-0.39, 0.29) is 16.5 Å². The molecular formula is C13H11Cl2FN2O. The predicted molar refractivity (Wildman–Crippen MR) is 71.8 cm³/mol. The molecule has 1 N–H and O–H groups in total. The Morgan fingerprint density at radius 3 is 2.68 bits per heavy atom. The van der Waals surface area contributed by atoms with Crippen LogP contribution in [0.2, 0.25) is 10.2 Å². The van der Waals surface area contributed by atoms with Crippen LogP contribution in [0.5, 0.6) is 5.75 Å². The highest BCUT2D eigenvalue weighted by Gasteiger charge is 2.22. The first-order valence-electron chi connectivity index (χ1n) is 6.02. The van der Waals surface area contributed by atoms with Crippen LogP contribution in [-0.4, -0.2) is 14.9 Å². The maximum Gasteiger partial charge on any atom is 0.150 e. The number of aromatic hydroxyl groups is 1. The highest BCUT2D eigenvalue weighted by Crippen LogP contribution is 2.33. The second kappa shape index (κ2) is 4.69. The number of aryl methyl sites for hydroxylation is 1. The zero-order valence-electron chi connectivity index (χ0n) is 9.96. The molecule has 0 aliphatic heterocycles. The van der Waals surface area contributed by atoms with Crippen molar-refractivity contribution in [2.75, 3.05) is 0 Å². The van der Waals surface area contributed by atoms with Crippen molar-refractivity contribution in [3.63, 3.8) is 0 Å². The van der Waals surface area contributed by atoms with Crippen molar-refractivity contribution in [2.24, 2.45) is 0 Å². The Hall–Kier alpha value is -1.26. The van der Waals surface area contributed by atoms with E-state index in [1.165, 1.54) is 10.7 Å². The largest absolute Gasteiger partial charge is 0.506 e. The summed E-state index contributed by atoms with van der Waals surface area (Å²) in [6.45, 7) is 0. The van der Waals surface area contributed by atoms with E-state index in [2.05, 4.69) is 5.10 Å².